The van der Waals surface area contributed by atoms with Crippen LogP contribution in [0.5, 0.6) is 5.75 Å². The van der Waals surface area contributed by atoms with E-state index in [1.807, 2.05) is 32.0 Å². The van der Waals surface area contributed by atoms with Crippen molar-refractivity contribution in [3.8, 4) is 5.75 Å². The standard InChI is InChI=1S/C15H20N2O2/c1-4-13(12-7-5-6-8-14(12)18)17-11(3)15-16-9-10(2)19-15/h5-9,11,13,17-18H,4H2,1-3H3. The van der Waals surface area contributed by atoms with Crippen molar-refractivity contribution in [2.45, 2.75) is 39.3 Å². The van der Waals surface area contributed by atoms with Gasteiger partial charge in [0.1, 0.15) is 11.5 Å². The van der Waals surface area contributed by atoms with Crippen LogP contribution < -0.4 is 5.32 Å². The number of aromatic nitrogens is 1. The second-order valence-corrected chi connectivity index (χ2v) is 4.72. The molecule has 0 saturated carbocycles. The van der Waals surface area contributed by atoms with Crippen molar-refractivity contribution >= 4 is 0 Å². The molecule has 1 heterocycles. The van der Waals surface area contributed by atoms with Gasteiger partial charge in [-0.3, -0.25) is 5.32 Å². The molecule has 0 fully saturated rings. The Morgan fingerprint density at radius 1 is 1.37 bits per heavy atom. The van der Waals surface area contributed by atoms with Gasteiger partial charge in [-0.25, -0.2) is 4.98 Å². The Kier molecular flexibility index (Phi) is 4.22. The summed E-state index contributed by atoms with van der Waals surface area (Å²) >= 11 is 0. The van der Waals surface area contributed by atoms with E-state index in [9.17, 15) is 5.11 Å². The minimum absolute atomic E-state index is 0.00161. The topological polar surface area (TPSA) is 58.3 Å². The molecule has 0 aliphatic carbocycles. The number of benzene rings is 1. The summed E-state index contributed by atoms with van der Waals surface area (Å²) in [6.07, 6.45) is 2.59. The van der Waals surface area contributed by atoms with E-state index >= 15 is 0 Å². The molecule has 102 valence electrons. The maximum Gasteiger partial charge on any atom is 0.211 e. The molecule has 0 aliphatic rings. The third kappa shape index (κ3) is 3.15. The Labute approximate surface area is 113 Å². The van der Waals surface area contributed by atoms with Gasteiger partial charge in [0, 0.05) is 11.6 Å². The van der Waals surface area contributed by atoms with Crippen LogP contribution in [-0.2, 0) is 0 Å². The van der Waals surface area contributed by atoms with Gasteiger partial charge in [0.2, 0.25) is 5.89 Å². The molecule has 0 bridgehead atoms. The minimum Gasteiger partial charge on any atom is -0.508 e. The fourth-order valence-corrected chi connectivity index (χ4v) is 2.16. The van der Waals surface area contributed by atoms with Gasteiger partial charge in [-0.05, 0) is 26.3 Å². The fraction of sp³-hybridized carbons (Fsp3) is 0.400. The van der Waals surface area contributed by atoms with Crippen molar-refractivity contribution in [3.63, 3.8) is 0 Å². The van der Waals surface area contributed by atoms with E-state index in [0.29, 0.717) is 11.6 Å². The van der Waals surface area contributed by atoms with Gasteiger partial charge in [0.15, 0.2) is 0 Å². The number of rotatable bonds is 5. The van der Waals surface area contributed by atoms with E-state index in [1.54, 1.807) is 12.3 Å². The van der Waals surface area contributed by atoms with E-state index < -0.39 is 0 Å². The summed E-state index contributed by atoms with van der Waals surface area (Å²) < 4.78 is 5.52. The largest absolute Gasteiger partial charge is 0.508 e. The average Bonchev–Trinajstić information content (AvgIpc) is 2.83. The van der Waals surface area contributed by atoms with E-state index in [-0.39, 0.29) is 12.1 Å². The van der Waals surface area contributed by atoms with Crippen LogP contribution in [0.3, 0.4) is 0 Å². The number of nitrogens with zero attached hydrogens (tertiary/aromatic N) is 1. The molecule has 2 unspecified atom stereocenters. The first-order chi connectivity index (χ1) is 9.11. The predicted octanol–water partition coefficient (Wildman–Crippen LogP) is 3.49. The number of hydrogen-bond acceptors (Lipinski definition) is 4. The first kappa shape index (κ1) is 13.6. The Morgan fingerprint density at radius 3 is 2.68 bits per heavy atom. The molecule has 2 N–H and O–H groups in total. The lowest BCUT2D eigenvalue weighted by Gasteiger charge is -2.21. The number of hydrogen-bond donors (Lipinski definition) is 2. The molecule has 19 heavy (non-hydrogen) atoms. The normalized spacial score (nSPS) is 14.3. The van der Waals surface area contributed by atoms with Gasteiger partial charge in [-0.15, -0.1) is 0 Å². The fourth-order valence-electron chi connectivity index (χ4n) is 2.16. The molecule has 4 nitrogen and oxygen atoms in total. The van der Waals surface area contributed by atoms with Crippen LogP contribution in [0.2, 0.25) is 0 Å². The molecule has 0 radical (unpaired) electrons. The van der Waals surface area contributed by atoms with Crippen molar-refractivity contribution in [1.29, 1.82) is 0 Å². The third-order valence-corrected chi connectivity index (χ3v) is 3.18. The Balaban J connectivity index is 2.13. The Hall–Kier alpha value is -1.81. The number of aryl methyl sites for hydroxylation is 1. The molecule has 2 aromatic rings. The quantitative estimate of drug-likeness (QED) is 0.864. The number of oxazole rings is 1. The highest BCUT2D eigenvalue weighted by atomic mass is 16.4. The first-order valence-electron chi connectivity index (χ1n) is 6.58. The van der Waals surface area contributed by atoms with Gasteiger partial charge in [0.25, 0.3) is 0 Å². The number of para-hydroxylation sites is 1. The van der Waals surface area contributed by atoms with E-state index in [0.717, 1.165) is 17.7 Å². The van der Waals surface area contributed by atoms with Gasteiger partial charge in [-0.2, -0.15) is 0 Å². The van der Waals surface area contributed by atoms with Crippen LogP contribution >= 0.6 is 0 Å². The van der Waals surface area contributed by atoms with Crippen molar-refractivity contribution in [2.75, 3.05) is 0 Å². The molecular weight excluding hydrogens is 240 g/mol. The molecule has 0 spiro atoms. The summed E-state index contributed by atoms with van der Waals surface area (Å²) in [6, 6.07) is 7.47. The van der Waals surface area contributed by atoms with E-state index in [1.165, 1.54) is 0 Å². The van der Waals surface area contributed by atoms with Gasteiger partial charge in [0.05, 0.1) is 12.2 Å². The molecule has 1 aromatic carbocycles. The summed E-state index contributed by atoms with van der Waals surface area (Å²) in [5, 5.41) is 13.4. The molecule has 4 heteroatoms. The lowest BCUT2D eigenvalue weighted by molar-refractivity contribution is 0.360. The van der Waals surface area contributed by atoms with Crippen LogP contribution in [0, 0.1) is 6.92 Å². The zero-order valence-electron chi connectivity index (χ0n) is 11.6. The molecule has 0 aliphatic heterocycles. The first-order valence-corrected chi connectivity index (χ1v) is 6.58. The third-order valence-electron chi connectivity index (χ3n) is 3.18. The highest BCUT2D eigenvalue weighted by Gasteiger charge is 2.18. The monoisotopic (exact) mass is 260 g/mol. The maximum atomic E-state index is 9.92. The molecule has 2 atom stereocenters. The Bertz CT molecular complexity index is 536. The van der Waals surface area contributed by atoms with Gasteiger partial charge < -0.3 is 9.52 Å². The minimum atomic E-state index is -0.00161. The number of phenolic OH excluding ortho intramolecular Hbond substituents is 1. The van der Waals surface area contributed by atoms with Crippen LogP contribution in [0.4, 0.5) is 0 Å². The Morgan fingerprint density at radius 2 is 2.11 bits per heavy atom. The van der Waals surface area contributed by atoms with Crippen LogP contribution in [0.25, 0.3) is 0 Å². The second kappa shape index (κ2) is 5.89. The SMILES string of the molecule is CCC(NC(C)c1ncc(C)o1)c1ccccc1O. The predicted molar refractivity (Wildman–Crippen MR) is 73.9 cm³/mol. The average molecular weight is 260 g/mol. The maximum absolute atomic E-state index is 9.92. The summed E-state index contributed by atoms with van der Waals surface area (Å²) in [6.45, 7) is 5.97. The zero-order chi connectivity index (χ0) is 13.8. The van der Waals surface area contributed by atoms with E-state index in [2.05, 4.69) is 17.2 Å². The second-order valence-electron chi connectivity index (χ2n) is 4.72. The highest BCUT2D eigenvalue weighted by molar-refractivity contribution is 5.34. The van der Waals surface area contributed by atoms with Crippen LogP contribution in [0.15, 0.2) is 34.9 Å². The van der Waals surface area contributed by atoms with Crippen LogP contribution in [0.1, 0.15) is 49.6 Å². The molecule has 0 amide bonds. The smallest absolute Gasteiger partial charge is 0.211 e. The summed E-state index contributed by atoms with van der Waals surface area (Å²) in [5.74, 6) is 1.79. The van der Waals surface area contributed by atoms with Crippen molar-refractivity contribution in [1.82, 2.24) is 10.3 Å². The molecule has 1 aromatic heterocycles. The number of nitrogens with one attached hydrogen (secondary N) is 1. The lowest BCUT2D eigenvalue weighted by Crippen LogP contribution is -2.24. The van der Waals surface area contributed by atoms with Crippen LogP contribution in [-0.4, -0.2) is 10.1 Å². The number of phenols is 1. The van der Waals surface area contributed by atoms with Crippen molar-refractivity contribution in [3.05, 3.63) is 47.7 Å². The summed E-state index contributed by atoms with van der Waals surface area (Å²) in [7, 11) is 0. The molecule has 0 saturated heterocycles. The molecule has 2 rings (SSSR count). The van der Waals surface area contributed by atoms with Crippen molar-refractivity contribution in [2.24, 2.45) is 0 Å². The lowest BCUT2D eigenvalue weighted by atomic mass is 10.0. The molecular formula is C15H20N2O2. The summed E-state index contributed by atoms with van der Waals surface area (Å²) in [4.78, 5) is 4.23. The van der Waals surface area contributed by atoms with Crippen molar-refractivity contribution < 1.29 is 9.52 Å². The van der Waals surface area contributed by atoms with Gasteiger partial charge in [-0.1, -0.05) is 25.1 Å². The summed E-state index contributed by atoms with van der Waals surface area (Å²) in [5.41, 5.74) is 0.903. The van der Waals surface area contributed by atoms with Gasteiger partial charge >= 0.3 is 0 Å². The van der Waals surface area contributed by atoms with E-state index in [4.69, 9.17) is 4.42 Å². The number of aromatic hydroxyl groups is 1. The highest BCUT2D eigenvalue weighted by Crippen LogP contribution is 2.28. The zero-order valence-corrected chi connectivity index (χ0v) is 11.6.